The van der Waals surface area contributed by atoms with Gasteiger partial charge in [0.15, 0.2) is 22.7 Å². The smallest absolute Gasteiger partial charge is 0.200 e. The molecule has 0 aliphatic heterocycles. The van der Waals surface area contributed by atoms with Gasteiger partial charge >= 0.3 is 0 Å². The molecule has 2 aromatic rings. The zero-order valence-electron chi connectivity index (χ0n) is 10.6. The van der Waals surface area contributed by atoms with Gasteiger partial charge in [-0.15, -0.1) is 0 Å². The van der Waals surface area contributed by atoms with Crippen molar-refractivity contribution in [1.29, 1.82) is 0 Å². The highest BCUT2D eigenvalue weighted by Gasteiger charge is 2.10. The largest absolute Gasteiger partial charge is 0.504 e. The van der Waals surface area contributed by atoms with Crippen molar-refractivity contribution in [3.8, 4) is 23.0 Å². The van der Waals surface area contributed by atoms with E-state index in [2.05, 4.69) is 6.58 Å². The van der Waals surface area contributed by atoms with Crippen molar-refractivity contribution in [2.75, 3.05) is 14.2 Å². The van der Waals surface area contributed by atoms with E-state index < -0.39 is 0 Å². The molecule has 5 nitrogen and oxygen atoms in total. The first-order valence-corrected chi connectivity index (χ1v) is 5.49. The molecule has 1 heterocycles. The van der Waals surface area contributed by atoms with Gasteiger partial charge in [0.2, 0.25) is 5.75 Å². The number of methoxy groups -OCH3 is 2. The number of rotatable bonds is 3. The molecule has 0 aliphatic carbocycles. The fourth-order valence-corrected chi connectivity index (χ4v) is 1.70. The van der Waals surface area contributed by atoms with Crippen LogP contribution in [-0.2, 0) is 0 Å². The van der Waals surface area contributed by atoms with E-state index in [1.165, 1.54) is 20.3 Å². The second-order valence-electron chi connectivity index (χ2n) is 3.88. The van der Waals surface area contributed by atoms with Crippen molar-refractivity contribution in [2.45, 2.75) is 0 Å². The molecular weight excluding hydrogens is 248 g/mol. The second kappa shape index (κ2) is 4.97. The highest BCUT2D eigenvalue weighted by Crippen LogP contribution is 2.37. The number of aromatic hydroxyl groups is 2. The van der Waals surface area contributed by atoms with Crippen LogP contribution in [0.1, 0.15) is 5.56 Å². The van der Waals surface area contributed by atoms with Gasteiger partial charge in [-0.2, -0.15) is 0 Å². The predicted octanol–water partition coefficient (Wildman–Crippen LogP) is 0.947. The Morgan fingerprint density at radius 1 is 1.11 bits per heavy atom. The normalized spacial score (nSPS) is 11.6. The molecule has 0 spiro atoms. The molecule has 0 amide bonds. The molecule has 0 fully saturated rings. The zero-order chi connectivity index (χ0) is 14.0. The monoisotopic (exact) mass is 262 g/mol. The Morgan fingerprint density at radius 2 is 1.68 bits per heavy atom. The van der Waals surface area contributed by atoms with Crippen LogP contribution in [0.2, 0.25) is 0 Å². The van der Waals surface area contributed by atoms with Gasteiger partial charge in [0.25, 0.3) is 0 Å². The van der Waals surface area contributed by atoms with Gasteiger partial charge in [0.1, 0.15) is 5.42 Å². The van der Waals surface area contributed by atoms with Crippen LogP contribution in [0.3, 0.4) is 0 Å². The number of phenolic OH excluding ortho intramolecular Hbond substituents is 1. The van der Waals surface area contributed by atoms with E-state index in [0.29, 0.717) is 11.0 Å². The Kier molecular flexibility index (Phi) is 3.37. The number of benzene rings is 1. The molecule has 0 radical (unpaired) electrons. The summed E-state index contributed by atoms with van der Waals surface area (Å²) < 4.78 is 15.3. The Balaban J connectivity index is 2.61. The molecule has 0 atom stereocenters. The van der Waals surface area contributed by atoms with Crippen molar-refractivity contribution in [2.24, 2.45) is 0 Å². The first-order valence-electron chi connectivity index (χ1n) is 5.49. The Bertz CT molecular complexity index is 674. The minimum Gasteiger partial charge on any atom is -0.504 e. The van der Waals surface area contributed by atoms with Gasteiger partial charge < -0.3 is 24.1 Å². The van der Waals surface area contributed by atoms with Crippen molar-refractivity contribution >= 4 is 12.7 Å². The fourth-order valence-electron chi connectivity index (χ4n) is 1.70. The van der Waals surface area contributed by atoms with Gasteiger partial charge in [-0.05, 0) is 23.8 Å². The summed E-state index contributed by atoms with van der Waals surface area (Å²) in [7, 11) is 2.88. The molecule has 0 bridgehead atoms. The lowest BCUT2D eigenvalue weighted by Crippen LogP contribution is -1.99. The number of hydrogen-bond acceptors (Lipinski definition) is 5. The van der Waals surface area contributed by atoms with Crippen LogP contribution in [0.25, 0.3) is 12.7 Å². The number of hydrogen-bond donors (Lipinski definition) is 2. The molecule has 0 saturated carbocycles. The Morgan fingerprint density at radius 3 is 2.11 bits per heavy atom. The van der Waals surface area contributed by atoms with Crippen molar-refractivity contribution in [3.63, 3.8) is 0 Å². The molecule has 19 heavy (non-hydrogen) atoms. The summed E-state index contributed by atoms with van der Waals surface area (Å²) in [5.74, 6) is 0.456. The van der Waals surface area contributed by atoms with E-state index in [9.17, 15) is 10.2 Å². The maximum Gasteiger partial charge on any atom is 0.200 e. The lowest BCUT2D eigenvalue weighted by molar-refractivity contribution is 0.339. The van der Waals surface area contributed by atoms with Crippen molar-refractivity contribution in [3.05, 3.63) is 34.6 Å². The third kappa shape index (κ3) is 2.49. The Labute approximate surface area is 109 Å². The molecule has 0 saturated heterocycles. The molecule has 1 aromatic heterocycles. The highest BCUT2D eigenvalue weighted by molar-refractivity contribution is 5.61. The highest BCUT2D eigenvalue weighted by atomic mass is 16.5. The number of furan rings is 1. The summed E-state index contributed by atoms with van der Waals surface area (Å²) in [6.07, 6.45) is 1.59. The zero-order valence-corrected chi connectivity index (χ0v) is 10.6. The fraction of sp³-hybridized carbons (Fsp3) is 0.143. The summed E-state index contributed by atoms with van der Waals surface area (Å²) in [4.78, 5) is 0. The first kappa shape index (κ1) is 12.9. The van der Waals surface area contributed by atoms with Gasteiger partial charge in [-0.3, -0.25) is 0 Å². The lowest BCUT2D eigenvalue weighted by atomic mass is 10.1. The van der Waals surface area contributed by atoms with Gasteiger partial charge in [-0.1, -0.05) is 6.58 Å². The van der Waals surface area contributed by atoms with Gasteiger partial charge in [0, 0.05) is 6.07 Å². The van der Waals surface area contributed by atoms with Crippen LogP contribution in [0.4, 0.5) is 0 Å². The van der Waals surface area contributed by atoms with Crippen molar-refractivity contribution in [1.82, 2.24) is 0 Å². The molecule has 5 heteroatoms. The van der Waals surface area contributed by atoms with Crippen LogP contribution in [-0.4, -0.2) is 24.4 Å². The van der Waals surface area contributed by atoms with E-state index in [4.69, 9.17) is 13.9 Å². The second-order valence-corrected chi connectivity index (χ2v) is 3.88. The average Bonchev–Trinajstić information content (AvgIpc) is 2.69. The average molecular weight is 262 g/mol. The molecule has 0 aliphatic rings. The summed E-state index contributed by atoms with van der Waals surface area (Å²) in [5.41, 5.74) is 1.29. The minimum atomic E-state index is -0.0799. The van der Waals surface area contributed by atoms with Crippen LogP contribution in [0, 0.1) is 0 Å². The summed E-state index contributed by atoms with van der Waals surface area (Å²) in [5, 5.41) is 19.4. The summed E-state index contributed by atoms with van der Waals surface area (Å²) in [6, 6.07) is 4.62. The Hall–Kier alpha value is -2.56. The number of ether oxygens (including phenoxy) is 2. The van der Waals surface area contributed by atoms with E-state index >= 15 is 0 Å². The predicted molar refractivity (Wildman–Crippen MR) is 69.9 cm³/mol. The summed E-state index contributed by atoms with van der Waals surface area (Å²) >= 11 is 0. The third-order valence-electron chi connectivity index (χ3n) is 2.59. The minimum absolute atomic E-state index is 0.00370. The van der Waals surface area contributed by atoms with Crippen LogP contribution in [0.5, 0.6) is 23.0 Å². The standard InChI is InChI=1S/C14H14O5/c1-8-4-10(15)11(19-8)5-9-6-12(17-2)14(16)13(7-9)18-3/h4-7,15-16H,1H2,2-3H3/b11-5-. The van der Waals surface area contributed by atoms with E-state index in [1.807, 2.05) is 0 Å². The molecule has 0 unspecified atom stereocenters. The summed E-state index contributed by atoms with van der Waals surface area (Å²) in [6.45, 7) is 3.59. The lowest BCUT2D eigenvalue weighted by Gasteiger charge is -2.09. The quantitative estimate of drug-likeness (QED) is 0.861. The van der Waals surface area contributed by atoms with Crippen LogP contribution < -0.4 is 20.3 Å². The molecule has 2 rings (SSSR count). The molecule has 1 aromatic carbocycles. The molecular formula is C14H14O5. The third-order valence-corrected chi connectivity index (χ3v) is 2.59. The van der Waals surface area contributed by atoms with Crippen molar-refractivity contribution < 1.29 is 24.1 Å². The first-order chi connectivity index (χ1) is 9.05. The van der Waals surface area contributed by atoms with Gasteiger partial charge in [0.05, 0.1) is 14.2 Å². The van der Waals surface area contributed by atoms with E-state index in [1.54, 1.807) is 18.2 Å². The van der Waals surface area contributed by atoms with E-state index in [0.717, 1.165) is 0 Å². The number of phenols is 1. The van der Waals surface area contributed by atoms with Gasteiger partial charge in [-0.25, -0.2) is 0 Å². The SMILES string of the molecule is C=c1cc(O)/c(=C/c2cc(OC)c(O)c(OC)c2)o1. The van der Waals surface area contributed by atoms with Crippen LogP contribution >= 0.6 is 0 Å². The van der Waals surface area contributed by atoms with E-state index in [-0.39, 0.29) is 28.4 Å². The van der Waals surface area contributed by atoms with Crippen LogP contribution in [0.15, 0.2) is 22.6 Å². The maximum atomic E-state index is 9.79. The molecule has 2 N–H and O–H groups in total. The topological polar surface area (TPSA) is 72.1 Å². The molecule has 100 valence electrons. The maximum absolute atomic E-state index is 9.79.